The Hall–Kier alpha value is -0.665. The minimum absolute atomic E-state index is 0. The van der Waals surface area contributed by atoms with E-state index in [9.17, 15) is 9.90 Å². The molecule has 0 atom stereocenters. The van der Waals surface area contributed by atoms with Gasteiger partial charge in [0.05, 0.1) is 27.1 Å². The largest absolute Gasteiger partial charge is 0.907 e. The van der Waals surface area contributed by atoms with Crippen molar-refractivity contribution in [3.05, 3.63) is 0 Å². The third-order valence-corrected chi connectivity index (χ3v) is 0.603. The number of hydrogen-bond acceptors (Lipinski definition) is 5. The molecule has 0 saturated carbocycles. The van der Waals surface area contributed by atoms with Crippen LogP contribution in [-0.4, -0.2) is 45.5 Å². The molecule has 4 N–H and O–H groups in total. The first kappa shape index (κ1) is 18.2. The van der Waals surface area contributed by atoms with Crippen LogP contribution in [-0.2, 0) is 4.79 Å². The predicted octanol–water partition coefficient (Wildman–Crippen LogP) is -5.13. The SMILES string of the molecule is C[N+](C)(C)CC(=O)[O-].[NH4+].[O-]B([O-])[O-]. The number of hydrogen-bond donors (Lipinski definition) is 1. The molecule has 0 spiro atoms. The number of aliphatic carboxylic acids is 1. The van der Waals surface area contributed by atoms with E-state index in [0.717, 1.165) is 0 Å². The van der Waals surface area contributed by atoms with Crippen molar-refractivity contribution in [1.82, 2.24) is 6.15 Å². The van der Waals surface area contributed by atoms with Gasteiger partial charge in [-0.05, 0) is 0 Å². The smallest absolute Gasteiger partial charge is 0.118 e. The standard InChI is InChI=1S/C5H11NO2.BO3.H3N/c1-6(2,3)4-5(7)8;2-1(3)4;/h4H2,1-3H3;;1H3/q;-3;/p+1. The molecule has 0 aliphatic rings. The summed E-state index contributed by atoms with van der Waals surface area (Å²) in [4.78, 5) is 9.89. The Morgan fingerprint density at radius 3 is 1.46 bits per heavy atom. The fraction of sp³-hybridized carbons (Fsp3) is 0.800. The molecule has 0 rings (SSSR count). The first-order valence-electron chi connectivity index (χ1n) is 3.13. The molecule has 0 aromatic carbocycles. The summed E-state index contributed by atoms with van der Waals surface area (Å²) >= 11 is 0. The third-order valence-electron chi connectivity index (χ3n) is 0.603. The fourth-order valence-corrected chi connectivity index (χ4v) is 0.387. The van der Waals surface area contributed by atoms with Gasteiger partial charge in [0, 0.05) is 0 Å². The van der Waals surface area contributed by atoms with Crippen molar-refractivity contribution in [3.8, 4) is 0 Å². The summed E-state index contributed by atoms with van der Waals surface area (Å²) in [5.74, 6) is -1.00. The fourth-order valence-electron chi connectivity index (χ4n) is 0.387. The molecule has 0 saturated heterocycles. The lowest BCUT2D eigenvalue weighted by Gasteiger charge is -2.35. The molecule has 8 heteroatoms. The van der Waals surface area contributed by atoms with E-state index < -0.39 is 13.3 Å². The predicted molar refractivity (Wildman–Crippen MR) is 39.6 cm³/mol. The van der Waals surface area contributed by atoms with E-state index >= 15 is 0 Å². The monoisotopic (exact) mass is 194 g/mol. The Labute approximate surface area is 77.6 Å². The number of nitrogens with zero attached hydrogens (tertiary/aromatic N) is 1. The lowest BCUT2D eigenvalue weighted by molar-refractivity contribution is -0.864. The van der Waals surface area contributed by atoms with Gasteiger partial charge in [0.15, 0.2) is 0 Å². The quantitative estimate of drug-likeness (QED) is 0.345. The van der Waals surface area contributed by atoms with Crippen LogP contribution in [0.5, 0.6) is 0 Å². The summed E-state index contributed by atoms with van der Waals surface area (Å²) < 4.78 is 0.419. The van der Waals surface area contributed by atoms with Crippen LogP contribution in [0.1, 0.15) is 0 Å². The summed E-state index contributed by atoms with van der Waals surface area (Å²) in [5, 5.41) is 35.1. The zero-order chi connectivity index (χ0) is 10.4. The zero-order valence-electron chi connectivity index (χ0n) is 8.27. The molecule has 0 aliphatic carbocycles. The van der Waals surface area contributed by atoms with Crippen LogP contribution < -0.4 is 26.3 Å². The summed E-state index contributed by atoms with van der Waals surface area (Å²) in [6, 6.07) is 0. The summed E-state index contributed by atoms with van der Waals surface area (Å²) in [6.07, 6.45) is 0. The maximum Gasteiger partial charge on any atom is 0.118 e. The highest BCUT2D eigenvalue weighted by Gasteiger charge is 2.04. The van der Waals surface area contributed by atoms with Crippen molar-refractivity contribution >= 4 is 13.3 Å². The van der Waals surface area contributed by atoms with Gasteiger partial charge in [0.2, 0.25) is 0 Å². The Bertz CT molecular complexity index is 133. The van der Waals surface area contributed by atoms with E-state index in [1.54, 1.807) is 21.1 Å². The van der Waals surface area contributed by atoms with Crippen molar-refractivity contribution in [2.75, 3.05) is 27.7 Å². The number of carbonyl (C=O) groups is 1. The summed E-state index contributed by atoms with van der Waals surface area (Å²) in [5.41, 5.74) is 0. The van der Waals surface area contributed by atoms with Crippen LogP contribution in [0.15, 0.2) is 0 Å². The number of carboxylic acid groups (broad SMARTS) is 1. The van der Waals surface area contributed by atoms with Gasteiger partial charge < -0.3 is 35.6 Å². The van der Waals surface area contributed by atoms with Crippen LogP contribution in [0.3, 0.4) is 0 Å². The van der Waals surface area contributed by atoms with Crippen LogP contribution in [0.25, 0.3) is 0 Å². The van der Waals surface area contributed by atoms with E-state index in [4.69, 9.17) is 15.1 Å². The maximum absolute atomic E-state index is 9.89. The van der Waals surface area contributed by atoms with Crippen molar-refractivity contribution in [2.45, 2.75) is 0 Å². The zero-order valence-corrected chi connectivity index (χ0v) is 8.27. The molecule has 0 fully saturated rings. The molecule has 0 heterocycles. The highest BCUT2D eigenvalue weighted by Crippen LogP contribution is 1.84. The van der Waals surface area contributed by atoms with Gasteiger partial charge in [0.25, 0.3) is 0 Å². The second-order valence-corrected chi connectivity index (χ2v) is 3.11. The van der Waals surface area contributed by atoms with Crippen molar-refractivity contribution in [1.29, 1.82) is 0 Å². The molecule has 0 bridgehead atoms. The average Bonchev–Trinajstić information content (AvgIpc) is 1.52. The highest BCUT2D eigenvalue weighted by atomic mass is 16.5. The number of likely N-dealkylation sites (N-methyl/N-ethyl adjacent to an activating group) is 1. The molecule has 0 aliphatic heterocycles. The second kappa shape index (κ2) is 7.96. The first-order chi connectivity index (χ1) is 5.15. The third kappa shape index (κ3) is 52.6. The van der Waals surface area contributed by atoms with Gasteiger partial charge in [-0.15, -0.1) is 0 Å². The molecule has 0 aromatic heterocycles. The maximum atomic E-state index is 9.89. The van der Waals surface area contributed by atoms with E-state index in [1.165, 1.54) is 0 Å². The molecule has 0 aromatic rings. The van der Waals surface area contributed by atoms with Crippen LogP contribution >= 0.6 is 0 Å². The molecular formula is C5H15BN2O5-2. The van der Waals surface area contributed by atoms with E-state index in [0.29, 0.717) is 4.48 Å². The summed E-state index contributed by atoms with van der Waals surface area (Å²) in [7, 11) is 2.49. The van der Waals surface area contributed by atoms with E-state index in [-0.39, 0.29) is 12.7 Å². The van der Waals surface area contributed by atoms with Crippen LogP contribution in [0, 0.1) is 0 Å². The van der Waals surface area contributed by atoms with Gasteiger partial charge in [-0.1, -0.05) is 0 Å². The molecule has 0 unspecified atom stereocenters. The molecule has 80 valence electrons. The van der Waals surface area contributed by atoms with Crippen molar-refractivity contribution < 1.29 is 29.5 Å². The topological polar surface area (TPSA) is 146 Å². The van der Waals surface area contributed by atoms with Crippen LogP contribution in [0.4, 0.5) is 0 Å². The molecule has 0 radical (unpaired) electrons. The lowest BCUT2D eigenvalue weighted by Crippen LogP contribution is -2.56. The number of carboxylic acids is 1. The number of quaternary nitrogens is 2. The normalized spacial score (nSPS) is 9.08. The lowest BCUT2D eigenvalue weighted by atomic mass is 10.3. The van der Waals surface area contributed by atoms with Gasteiger partial charge in [-0.25, -0.2) is 0 Å². The molecule has 7 nitrogen and oxygen atoms in total. The number of rotatable bonds is 2. The highest BCUT2D eigenvalue weighted by molar-refractivity contribution is 6.24. The van der Waals surface area contributed by atoms with Gasteiger partial charge >= 0.3 is 0 Å². The molecule has 13 heavy (non-hydrogen) atoms. The second-order valence-electron chi connectivity index (χ2n) is 3.11. The van der Waals surface area contributed by atoms with Gasteiger partial charge in [-0.2, -0.15) is 0 Å². The van der Waals surface area contributed by atoms with Gasteiger partial charge in [0.1, 0.15) is 6.54 Å². The Morgan fingerprint density at radius 1 is 1.23 bits per heavy atom. The van der Waals surface area contributed by atoms with E-state index in [2.05, 4.69) is 0 Å². The molecular weight excluding hydrogens is 179 g/mol. The Balaban J connectivity index is -0.000000173. The van der Waals surface area contributed by atoms with Crippen molar-refractivity contribution in [2.24, 2.45) is 0 Å². The van der Waals surface area contributed by atoms with Crippen LogP contribution in [0.2, 0.25) is 0 Å². The minimum atomic E-state index is -2.92. The Morgan fingerprint density at radius 2 is 1.46 bits per heavy atom. The Kier molecular flexibility index (Phi) is 11.1. The first-order valence-corrected chi connectivity index (χ1v) is 3.13. The summed E-state index contributed by atoms with van der Waals surface area (Å²) in [6.45, 7) is 0.0694. The molecule has 0 amide bonds. The number of carbonyl (C=O) groups excluding carboxylic acids is 1. The van der Waals surface area contributed by atoms with Crippen molar-refractivity contribution in [3.63, 3.8) is 0 Å². The van der Waals surface area contributed by atoms with Gasteiger partial charge in [-0.3, -0.25) is 7.32 Å². The van der Waals surface area contributed by atoms with E-state index in [1.807, 2.05) is 0 Å². The average molecular weight is 194 g/mol. The minimum Gasteiger partial charge on any atom is -0.907 e.